The molecule has 0 aliphatic heterocycles. The van der Waals surface area contributed by atoms with E-state index in [9.17, 15) is 17.6 Å². The molecule has 0 spiro atoms. The van der Waals surface area contributed by atoms with Crippen molar-refractivity contribution < 1.29 is 22.3 Å². The quantitative estimate of drug-likeness (QED) is 0.354. The first-order chi connectivity index (χ1) is 13.8. The molecular weight excluding hydrogens is 461 g/mol. The second-order valence-electron chi connectivity index (χ2n) is 6.71. The standard InChI is InChI=1S/C21H25BrFNO4S/c1-28-21(25)7-5-3-2-4-6-20(16-8-12-18(23)13-9-16)24-29(26,27)19-14-10-17(22)11-15-19/h8-15,20,24H,2-7H2,1H3. The van der Waals surface area contributed by atoms with Crippen LogP contribution in [0.3, 0.4) is 0 Å². The molecule has 0 saturated heterocycles. The lowest BCUT2D eigenvalue weighted by Gasteiger charge is -2.19. The van der Waals surface area contributed by atoms with Crippen molar-refractivity contribution in [1.82, 2.24) is 4.72 Å². The monoisotopic (exact) mass is 485 g/mol. The smallest absolute Gasteiger partial charge is 0.305 e. The number of rotatable bonds is 11. The molecule has 0 aliphatic rings. The molecule has 0 amide bonds. The summed E-state index contributed by atoms with van der Waals surface area (Å²) in [6.07, 6.45) is 4.16. The molecule has 2 aromatic carbocycles. The Balaban J connectivity index is 2.02. The number of hydrogen-bond acceptors (Lipinski definition) is 4. The molecular formula is C21H25BrFNO4S. The third-order valence-corrected chi connectivity index (χ3v) is 6.56. The number of hydrogen-bond donors (Lipinski definition) is 1. The van der Waals surface area contributed by atoms with Gasteiger partial charge in [0.25, 0.3) is 0 Å². The largest absolute Gasteiger partial charge is 0.469 e. The number of halogens is 2. The Hall–Kier alpha value is -1.77. The summed E-state index contributed by atoms with van der Waals surface area (Å²) in [6, 6.07) is 11.8. The van der Waals surface area contributed by atoms with Crippen LogP contribution in [-0.4, -0.2) is 21.5 Å². The molecule has 0 bridgehead atoms. The van der Waals surface area contributed by atoms with Crippen LogP contribution in [0.15, 0.2) is 57.9 Å². The molecule has 0 radical (unpaired) electrons. The summed E-state index contributed by atoms with van der Waals surface area (Å²) in [4.78, 5) is 11.3. The van der Waals surface area contributed by atoms with E-state index in [-0.39, 0.29) is 16.7 Å². The second-order valence-corrected chi connectivity index (χ2v) is 9.34. The van der Waals surface area contributed by atoms with E-state index in [1.54, 1.807) is 24.3 Å². The van der Waals surface area contributed by atoms with Crippen LogP contribution < -0.4 is 4.72 Å². The van der Waals surface area contributed by atoms with Crippen LogP contribution in [-0.2, 0) is 19.6 Å². The maximum Gasteiger partial charge on any atom is 0.305 e. The lowest BCUT2D eigenvalue weighted by molar-refractivity contribution is -0.140. The first-order valence-corrected chi connectivity index (χ1v) is 11.7. The molecule has 8 heteroatoms. The summed E-state index contributed by atoms with van der Waals surface area (Å²) in [5.41, 5.74) is 0.710. The van der Waals surface area contributed by atoms with Gasteiger partial charge in [-0.25, -0.2) is 17.5 Å². The molecule has 1 unspecified atom stereocenters. The van der Waals surface area contributed by atoms with Gasteiger partial charge >= 0.3 is 5.97 Å². The predicted molar refractivity (Wildman–Crippen MR) is 113 cm³/mol. The van der Waals surface area contributed by atoms with Crippen molar-refractivity contribution >= 4 is 31.9 Å². The van der Waals surface area contributed by atoms with Gasteiger partial charge in [0.1, 0.15) is 5.82 Å². The number of nitrogens with one attached hydrogen (secondary N) is 1. The summed E-state index contributed by atoms with van der Waals surface area (Å²) >= 11 is 3.30. The van der Waals surface area contributed by atoms with Crippen LogP contribution in [0, 0.1) is 5.82 Å². The van der Waals surface area contributed by atoms with Crippen molar-refractivity contribution in [2.24, 2.45) is 0 Å². The van der Waals surface area contributed by atoms with E-state index in [0.717, 1.165) is 30.2 Å². The van der Waals surface area contributed by atoms with E-state index in [1.807, 2.05) is 0 Å². The molecule has 1 atom stereocenters. The predicted octanol–water partition coefficient (Wildman–Crippen LogP) is 5.12. The summed E-state index contributed by atoms with van der Waals surface area (Å²) < 4.78 is 47.0. The molecule has 0 aromatic heterocycles. The molecule has 0 saturated carbocycles. The molecule has 0 fully saturated rings. The van der Waals surface area contributed by atoms with Crippen LogP contribution in [0.4, 0.5) is 4.39 Å². The van der Waals surface area contributed by atoms with Gasteiger partial charge in [-0.1, -0.05) is 47.3 Å². The minimum Gasteiger partial charge on any atom is -0.469 e. The average molecular weight is 486 g/mol. The zero-order chi connectivity index (χ0) is 21.3. The van der Waals surface area contributed by atoms with Gasteiger partial charge in [0.05, 0.1) is 12.0 Å². The van der Waals surface area contributed by atoms with Crippen LogP contribution in [0.5, 0.6) is 0 Å². The van der Waals surface area contributed by atoms with Crippen molar-refractivity contribution in [3.8, 4) is 0 Å². The van der Waals surface area contributed by atoms with Crippen molar-refractivity contribution in [1.29, 1.82) is 0 Å². The topological polar surface area (TPSA) is 72.5 Å². The lowest BCUT2D eigenvalue weighted by atomic mass is 10.0. The first kappa shape index (κ1) is 23.5. The minimum atomic E-state index is -3.72. The summed E-state index contributed by atoms with van der Waals surface area (Å²) in [5.74, 6) is -0.595. The average Bonchev–Trinajstić information content (AvgIpc) is 2.70. The fourth-order valence-electron chi connectivity index (χ4n) is 2.93. The van der Waals surface area contributed by atoms with E-state index in [2.05, 4.69) is 25.4 Å². The lowest BCUT2D eigenvalue weighted by Crippen LogP contribution is -2.28. The zero-order valence-corrected chi connectivity index (χ0v) is 18.6. The van der Waals surface area contributed by atoms with Crippen LogP contribution >= 0.6 is 15.9 Å². The first-order valence-electron chi connectivity index (χ1n) is 9.42. The van der Waals surface area contributed by atoms with Crippen molar-refractivity contribution in [2.45, 2.75) is 49.5 Å². The third kappa shape index (κ3) is 7.87. The molecule has 1 N–H and O–H groups in total. The van der Waals surface area contributed by atoms with Gasteiger partial charge in [0.15, 0.2) is 0 Å². The van der Waals surface area contributed by atoms with Crippen LogP contribution in [0.25, 0.3) is 0 Å². The van der Waals surface area contributed by atoms with E-state index in [1.165, 1.54) is 31.4 Å². The molecule has 0 aliphatic carbocycles. The van der Waals surface area contributed by atoms with Gasteiger partial charge in [-0.2, -0.15) is 0 Å². The Bertz CT molecular complexity index is 886. The van der Waals surface area contributed by atoms with Crippen LogP contribution in [0.1, 0.15) is 50.1 Å². The number of carbonyl (C=O) groups is 1. The van der Waals surface area contributed by atoms with E-state index < -0.39 is 16.1 Å². The Morgan fingerprint density at radius 2 is 1.66 bits per heavy atom. The number of carbonyl (C=O) groups excluding carboxylic acids is 1. The molecule has 2 aromatic rings. The number of benzene rings is 2. The highest BCUT2D eigenvalue weighted by Gasteiger charge is 2.21. The number of methoxy groups -OCH3 is 1. The number of ether oxygens (including phenoxy) is 1. The molecule has 29 heavy (non-hydrogen) atoms. The zero-order valence-electron chi connectivity index (χ0n) is 16.2. The maximum absolute atomic E-state index is 13.3. The molecule has 5 nitrogen and oxygen atoms in total. The highest BCUT2D eigenvalue weighted by Crippen LogP contribution is 2.24. The minimum absolute atomic E-state index is 0.172. The second kappa shape index (κ2) is 11.4. The van der Waals surface area contributed by atoms with E-state index in [4.69, 9.17) is 0 Å². The third-order valence-electron chi connectivity index (χ3n) is 4.55. The van der Waals surface area contributed by atoms with E-state index >= 15 is 0 Å². The summed E-state index contributed by atoms with van der Waals surface area (Å²) in [5, 5.41) is 0. The molecule has 0 heterocycles. The van der Waals surface area contributed by atoms with Crippen molar-refractivity contribution in [3.63, 3.8) is 0 Å². The van der Waals surface area contributed by atoms with Gasteiger partial charge in [-0.15, -0.1) is 0 Å². The van der Waals surface area contributed by atoms with Gasteiger partial charge in [0.2, 0.25) is 10.0 Å². The SMILES string of the molecule is COC(=O)CCCCCCC(NS(=O)(=O)c1ccc(Br)cc1)c1ccc(F)cc1. The highest BCUT2D eigenvalue weighted by atomic mass is 79.9. The summed E-state index contributed by atoms with van der Waals surface area (Å²) in [7, 11) is -2.35. The van der Waals surface area contributed by atoms with Gasteiger partial charge in [-0.05, 0) is 54.8 Å². The highest BCUT2D eigenvalue weighted by molar-refractivity contribution is 9.10. The fraction of sp³-hybridized carbons (Fsp3) is 0.381. The summed E-state index contributed by atoms with van der Waals surface area (Å²) in [6.45, 7) is 0. The Morgan fingerprint density at radius 1 is 1.03 bits per heavy atom. The maximum atomic E-state index is 13.3. The van der Waals surface area contributed by atoms with Crippen LogP contribution in [0.2, 0.25) is 0 Å². The van der Waals surface area contributed by atoms with Gasteiger partial charge in [0, 0.05) is 16.9 Å². The Morgan fingerprint density at radius 3 is 2.28 bits per heavy atom. The molecule has 2 rings (SSSR count). The van der Waals surface area contributed by atoms with Crippen molar-refractivity contribution in [2.75, 3.05) is 7.11 Å². The number of unbranched alkanes of at least 4 members (excludes halogenated alkanes) is 3. The van der Waals surface area contributed by atoms with E-state index in [0.29, 0.717) is 18.4 Å². The number of esters is 1. The number of sulfonamides is 1. The van der Waals surface area contributed by atoms with Gasteiger partial charge < -0.3 is 4.74 Å². The Kier molecular flexibility index (Phi) is 9.26. The Labute approximate surface area is 179 Å². The molecule has 158 valence electrons. The fourth-order valence-corrected chi connectivity index (χ4v) is 4.45. The normalized spacial score (nSPS) is 12.5. The van der Waals surface area contributed by atoms with Crippen molar-refractivity contribution in [3.05, 3.63) is 64.4 Å². The van der Waals surface area contributed by atoms with Gasteiger partial charge in [-0.3, -0.25) is 4.79 Å².